The lowest BCUT2D eigenvalue weighted by molar-refractivity contribution is -0.129. The van der Waals surface area contributed by atoms with E-state index in [4.69, 9.17) is 5.73 Å². The third-order valence-electron chi connectivity index (χ3n) is 2.51. The largest absolute Gasteiger partial charge is 0.354 e. The normalized spacial score (nSPS) is 32.2. The Labute approximate surface area is 67.3 Å². The van der Waals surface area contributed by atoms with Gasteiger partial charge in [0.2, 0.25) is 5.91 Å². The molecule has 3 nitrogen and oxygen atoms in total. The molecule has 1 amide bonds. The highest BCUT2D eigenvalue weighted by atomic mass is 16.2. The minimum absolute atomic E-state index is 0.0127. The molecule has 64 valence electrons. The van der Waals surface area contributed by atoms with Crippen molar-refractivity contribution in [3.63, 3.8) is 0 Å². The number of piperidine rings is 1. The van der Waals surface area contributed by atoms with Crippen molar-refractivity contribution in [1.82, 2.24) is 5.32 Å². The number of carbonyl (C=O) groups is 1. The molecule has 1 unspecified atom stereocenters. The molecule has 0 aromatic carbocycles. The quantitative estimate of drug-likeness (QED) is 0.571. The van der Waals surface area contributed by atoms with Crippen LogP contribution in [0.4, 0.5) is 0 Å². The molecule has 0 radical (unpaired) electrons. The zero-order valence-electron chi connectivity index (χ0n) is 7.18. The van der Waals surface area contributed by atoms with Crippen LogP contribution in [0.2, 0.25) is 0 Å². The zero-order chi connectivity index (χ0) is 8.48. The Morgan fingerprint density at radius 2 is 2.27 bits per heavy atom. The maximum absolute atomic E-state index is 11.3. The smallest absolute Gasteiger partial charge is 0.240 e. The van der Waals surface area contributed by atoms with E-state index < -0.39 is 5.54 Å². The predicted octanol–water partition coefficient (Wildman–Crippen LogP) is 0.250. The number of hydrogen-bond acceptors (Lipinski definition) is 2. The molecule has 1 aliphatic heterocycles. The van der Waals surface area contributed by atoms with Crippen LogP contribution >= 0.6 is 0 Å². The summed E-state index contributed by atoms with van der Waals surface area (Å²) < 4.78 is 0. The molecule has 3 heteroatoms. The van der Waals surface area contributed by atoms with Gasteiger partial charge in [0.25, 0.3) is 0 Å². The van der Waals surface area contributed by atoms with Gasteiger partial charge in [-0.25, -0.2) is 0 Å². The third-order valence-corrected chi connectivity index (χ3v) is 2.51. The van der Waals surface area contributed by atoms with Gasteiger partial charge in [0.05, 0.1) is 5.54 Å². The highest BCUT2D eigenvalue weighted by molar-refractivity contribution is 5.87. The van der Waals surface area contributed by atoms with E-state index in [2.05, 4.69) is 5.32 Å². The van der Waals surface area contributed by atoms with E-state index in [1.165, 1.54) is 0 Å². The second-order valence-electron chi connectivity index (χ2n) is 3.55. The molecule has 0 aromatic rings. The van der Waals surface area contributed by atoms with Crippen LogP contribution in [0.5, 0.6) is 0 Å². The van der Waals surface area contributed by atoms with Crippen LogP contribution in [0.1, 0.15) is 26.7 Å². The maximum Gasteiger partial charge on any atom is 0.240 e. The van der Waals surface area contributed by atoms with Crippen LogP contribution in [0.25, 0.3) is 0 Å². The molecule has 0 aromatic heterocycles. The molecule has 1 fully saturated rings. The van der Waals surface area contributed by atoms with E-state index in [9.17, 15) is 4.79 Å². The number of amides is 1. The lowest BCUT2D eigenvalue weighted by atomic mass is 9.80. The van der Waals surface area contributed by atoms with Crippen molar-refractivity contribution in [2.24, 2.45) is 11.7 Å². The topological polar surface area (TPSA) is 55.1 Å². The molecule has 1 saturated heterocycles. The van der Waals surface area contributed by atoms with Crippen molar-refractivity contribution in [3.8, 4) is 0 Å². The van der Waals surface area contributed by atoms with Crippen LogP contribution in [0.15, 0.2) is 0 Å². The van der Waals surface area contributed by atoms with E-state index in [0.717, 1.165) is 19.4 Å². The molecule has 0 aliphatic carbocycles. The van der Waals surface area contributed by atoms with Gasteiger partial charge in [-0.05, 0) is 18.8 Å². The van der Waals surface area contributed by atoms with Gasteiger partial charge in [0.1, 0.15) is 0 Å². The Bertz CT molecular complexity index is 167. The first-order valence-electron chi connectivity index (χ1n) is 4.14. The summed E-state index contributed by atoms with van der Waals surface area (Å²) in [5.74, 6) is 0.238. The minimum atomic E-state index is -0.613. The van der Waals surface area contributed by atoms with Gasteiger partial charge >= 0.3 is 0 Å². The van der Waals surface area contributed by atoms with E-state index in [1.54, 1.807) is 0 Å². The fraction of sp³-hybridized carbons (Fsp3) is 0.875. The lowest BCUT2D eigenvalue weighted by Gasteiger charge is -2.35. The third kappa shape index (κ3) is 1.38. The summed E-state index contributed by atoms with van der Waals surface area (Å²) in [6.07, 6.45) is 1.82. The second-order valence-corrected chi connectivity index (χ2v) is 3.55. The Kier molecular flexibility index (Phi) is 2.18. The van der Waals surface area contributed by atoms with Crippen molar-refractivity contribution in [2.45, 2.75) is 32.2 Å². The molecule has 11 heavy (non-hydrogen) atoms. The van der Waals surface area contributed by atoms with Crippen molar-refractivity contribution >= 4 is 5.91 Å². The summed E-state index contributed by atoms with van der Waals surface area (Å²) in [7, 11) is 0. The Hall–Kier alpha value is -0.570. The standard InChI is InChI=1S/C8H16N2O/c1-6(2)8(9)4-3-5-10-7(8)11/h6H,3-5,9H2,1-2H3,(H,10,11). The summed E-state index contributed by atoms with van der Waals surface area (Å²) in [5.41, 5.74) is 5.32. The Balaban J connectivity index is 2.73. The number of nitrogens with one attached hydrogen (secondary N) is 1. The SMILES string of the molecule is CC(C)C1(N)CCCNC1=O. The molecule has 1 atom stereocenters. The monoisotopic (exact) mass is 156 g/mol. The number of rotatable bonds is 1. The minimum Gasteiger partial charge on any atom is -0.354 e. The van der Waals surface area contributed by atoms with Crippen molar-refractivity contribution < 1.29 is 4.79 Å². The van der Waals surface area contributed by atoms with Gasteiger partial charge in [-0.2, -0.15) is 0 Å². The molecule has 1 aliphatic rings. The molecule has 3 N–H and O–H groups in total. The van der Waals surface area contributed by atoms with Crippen molar-refractivity contribution in [3.05, 3.63) is 0 Å². The Morgan fingerprint density at radius 3 is 2.64 bits per heavy atom. The first kappa shape index (κ1) is 8.53. The van der Waals surface area contributed by atoms with Gasteiger partial charge in [-0.15, -0.1) is 0 Å². The van der Waals surface area contributed by atoms with Crippen LogP contribution < -0.4 is 11.1 Å². The van der Waals surface area contributed by atoms with Gasteiger partial charge in [-0.3, -0.25) is 4.79 Å². The average molecular weight is 156 g/mol. The van der Waals surface area contributed by atoms with Crippen LogP contribution in [-0.4, -0.2) is 18.0 Å². The zero-order valence-corrected chi connectivity index (χ0v) is 7.18. The summed E-state index contributed by atoms with van der Waals surface area (Å²) in [6, 6.07) is 0. The summed E-state index contributed by atoms with van der Waals surface area (Å²) in [6.45, 7) is 4.76. The van der Waals surface area contributed by atoms with Gasteiger partial charge in [-0.1, -0.05) is 13.8 Å². The Morgan fingerprint density at radius 1 is 1.64 bits per heavy atom. The average Bonchev–Trinajstić information content (AvgIpc) is 1.95. The highest BCUT2D eigenvalue weighted by Crippen LogP contribution is 2.22. The van der Waals surface area contributed by atoms with Gasteiger partial charge < -0.3 is 11.1 Å². The summed E-state index contributed by atoms with van der Waals surface area (Å²) in [5, 5.41) is 2.79. The maximum atomic E-state index is 11.3. The fourth-order valence-electron chi connectivity index (χ4n) is 1.41. The van der Waals surface area contributed by atoms with Gasteiger partial charge in [0.15, 0.2) is 0 Å². The molecule has 0 spiro atoms. The number of carbonyl (C=O) groups excluding carboxylic acids is 1. The number of nitrogens with two attached hydrogens (primary N) is 1. The highest BCUT2D eigenvalue weighted by Gasteiger charge is 2.38. The predicted molar refractivity (Wildman–Crippen MR) is 44.0 cm³/mol. The van der Waals surface area contributed by atoms with E-state index in [-0.39, 0.29) is 11.8 Å². The molecule has 1 heterocycles. The van der Waals surface area contributed by atoms with Gasteiger partial charge in [0, 0.05) is 6.54 Å². The van der Waals surface area contributed by atoms with Crippen LogP contribution in [-0.2, 0) is 4.79 Å². The molecule has 1 rings (SSSR count). The van der Waals surface area contributed by atoms with E-state index in [1.807, 2.05) is 13.8 Å². The second kappa shape index (κ2) is 2.81. The van der Waals surface area contributed by atoms with E-state index in [0.29, 0.717) is 0 Å². The van der Waals surface area contributed by atoms with Crippen LogP contribution in [0, 0.1) is 5.92 Å². The van der Waals surface area contributed by atoms with Crippen molar-refractivity contribution in [1.29, 1.82) is 0 Å². The number of hydrogen-bond donors (Lipinski definition) is 2. The molecule has 0 saturated carbocycles. The molecular formula is C8H16N2O. The summed E-state index contributed by atoms with van der Waals surface area (Å²) in [4.78, 5) is 11.3. The fourth-order valence-corrected chi connectivity index (χ4v) is 1.41. The molecule has 0 bridgehead atoms. The van der Waals surface area contributed by atoms with Crippen LogP contribution in [0.3, 0.4) is 0 Å². The van der Waals surface area contributed by atoms with E-state index >= 15 is 0 Å². The van der Waals surface area contributed by atoms with Crippen molar-refractivity contribution in [2.75, 3.05) is 6.54 Å². The first-order chi connectivity index (χ1) is 5.07. The molecular weight excluding hydrogens is 140 g/mol. The lowest BCUT2D eigenvalue weighted by Crippen LogP contribution is -2.60. The summed E-state index contributed by atoms with van der Waals surface area (Å²) >= 11 is 0. The first-order valence-corrected chi connectivity index (χ1v) is 4.14.